The fraction of sp³-hybridized carbons (Fsp3) is 0.217. The SMILES string of the molecule is COc1cccc(Nc2cc(C)nc3c(C)c(-c4ccc(OC)c(OC)c4)nn23)c1. The van der Waals surface area contributed by atoms with Gasteiger partial charge < -0.3 is 19.5 Å². The van der Waals surface area contributed by atoms with Crippen LogP contribution in [0.2, 0.25) is 0 Å². The van der Waals surface area contributed by atoms with Crippen LogP contribution in [0, 0.1) is 13.8 Å². The second kappa shape index (κ2) is 7.94. The van der Waals surface area contributed by atoms with Gasteiger partial charge in [0.15, 0.2) is 17.1 Å². The van der Waals surface area contributed by atoms with Crippen LogP contribution >= 0.6 is 0 Å². The van der Waals surface area contributed by atoms with E-state index in [1.165, 1.54) is 0 Å². The minimum absolute atomic E-state index is 0.658. The van der Waals surface area contributed by atoms with E-state index in [1.54, 1.807) is 21.3 Å². The number of aryl methyl sites for hydroxylation is 2. The molecule has 1 N–H and O–H groups in total. The van der Waals surface area contributed by atoms with Crippen LogP contribution in [0.15, 0.2) is 48.5 Å². The number of nitrogens with one attached hydrogen (secondary N) is 1. The first kappa shape index (κ1) is 19.6. The van der Waals surface area contributed by atoms with Crippen LogP contribution in [0.25, 0.3) is 16.9 Å². The molecular weight excluding hydrogens is 380 g/mol. The van der Waals surface area contributed by atoms with Gasteiger partial charge in [-0.15, -0.1) is 0 Å². The Morgan fingerprint density at radius 1 is 0.867 bits per heavy atom. The molecule has 154 valence electrons. The third-order valence-corrected chi connectivity index (χ3v) is 4.95. The van der Waals surface area contributed by atoms with Crippen molar-refractivity contribution >= 4 is 17.2 Å². The molecule has 0 saturated heterocycles. The lowest BCUT2D eigenvalue weighted by Crippen LogP contribution is -2.02. The van der Waals surface area contributed by atoms with Gasteiger partial charge in [0.1, 0.15) is 11.6 Å². The van der Waals surface area contributed by atoms with Crippen molar-refractivity contribution in [1.82, 2.24) is 14.6 Å². The Morgan fingerprint density at radius 2 is 1.67 bits per heavy atom. The molecule has 0 aliphatic carbocycles. The van der Waals surface area contributed by atoms with E-state index >= 15 is 0 Å². The Morgan fingerprint density at radius 3 is 2.40 bits per heavy atom. The van der Waals surface area contributed by atoms with E-state index in [0.717, 1.165) is 45.4 Å². The third-order valence-electron chi connectivity index (χ3n) is 4.95. The summed E-state index contributed by atoms with van der Waals surface area (Å²) in [6, 6.07) is 15.5. The Bertz CT molecular complexity index is 1220. The average molecular weight is 404 g/mol. The molecule has 0 aliphatic rings. The Hall–Kier alpha value is -3.74. The van der Waals surface area contributed by atoms with Crippen molar-refractivity contribution in [2.75, 3.05) is 26.6 Å². The molecule has 4 aromatic rings. The van der Waals surface area contributed by atoms with Crippen LogP contribution < -0.4 is 19.5 Å². The molecule has 30 heavy (non-hydrogen) atoms. The van der Waals surface area contributed by atoms with Crippen molar-refractivity contribution in [2.24, 2.45) is 0 Å². The minimum Gasteiger partial charge on any atom is -0.497 e. The van der Waals surface area contributed by atoms with E-state index in [1.807, 2.05) is 66.9 Å². The van der Waals surface area contributed by atoms with Gasteiger partial charge >= 0.3 is 0 Å². The molecule has 0 saturated carbocycles. The van der Waals surface area contributed by atoms with Gasteiger partial charge in [-0.05, 0) is 44.2 Å². The maximum absolute atomic E-state index is 5.46. The number of fused-ring (bicyclic) bond motifs is 1. The summed E-state index contributed by atoms with van der Waals surface area (Å²) < 4.78 is 18.0. The monoisotopic (exact) mass is 404 g/mol. The summed E-state index contributed by atoms with van der Waals surface area (Å²) in [5.74, 6) is 2.94. The summed E-state index contributed by atoms with van der Waals surface area (Å²) in [4.78, 5) is 4.71. The number of benzene rings is 2. The molecule has 0 bridgehead atoms. The maximum atomic E-state index is 5.46. The zero-order valence-corrected chi connectivity index (χ0v) is 17.7. The molecule has 0 aliphatic heterocycles. The fourth-order valence-electron chi connectivity index (χ4n) is 3.44. The molecule has 0 fully saturated rings. The van der Waals surface area contributed by atoms with Gasteiger partial charge in [-0.1, -0.05) is 6.07 Å². The number of methoxy groups -OCH3 is 3. The number of ether oxygens (including phenoxy) is 3. The maximum Gasteiger partial charge on any atom is 0.161 e. The molecule has 0 unspecified atom stereocenters. The quantitative estimate of drug-likeness (QED) is 0.499. The number of nitrogens with zero attached hydrogens (tertiary/aromatic N) is 3. The highest BCUT2D eigenvalue weighted by Crippen LogP contribution is 2.34. The molecule has 0 radical (unpaired) electrons. The number of rotatable bonds is 6. The number of anilines is 2. The highest BCUT2D eigenvalue weighted by Gasteiger charge is 2.17. The lowest BCUT2D eigenvalue weighted by atomic mass is 10.1. The molecule has 4 rings (SSSR count). The molecule has 2 aromatic heterocycles. The lowest BCUT2D eigenvalue weighted by Gasteiger charge is -2.10. The van der Waals surface area contributed by atoms with Crippen molar-refractivity contribution in [3.63, 3.8) is 0 Å². The van der Waals surface area contributed by atoms with E-state index < -0.39 is 0 Å². The standard InChI is InChI=1S/C23H24N4O3/c1-14-11-21(25-17-7-6-8-18(13-17)28-3)27-23(24-14)15(2)22(26-27)16-9-10-19(29-4)20(12-16)30-5/h6-13,25H,1-5H3. The molecule has 7 heteroatoms. The Kier molecular flexibility index (Phi) is 5.18. The van der Waals surface area contributed by atoms with Crippen LogP contribution in [0.5, 0.6) is 17.2 Å². The highest BCUT2D eigenvalue weighted by molar-refractivity contribution is 5.74. The van der Waals surface area contributed by atoms with Gasteiger partial charge in [0.25, 0.3) is 0 Å². The highest BCUT2D eigenvalue weighted by atomic mass is 16.5. The van der Waals surface area contributed by atoms with E-state index in [9.17, 15) is 0 Å². The van der Waals surface area contributed by atoms with Crippen LogP contribution in [-0.2, 0) is 0 Å². The predicted octanol–water partition coefficient (Wildman–Crippen LogP) is 4.78. The zero-order chi connectivity index (χ0) is 21.3. The summed E-state index contributed by atoms with van der Waals surface area (Å²) in [6.07, 6.45) is 0. The average Bonchev–Trinajstić information content (AvgIpc) is 3.10. The third kappa shape index (κ3) is 3.50. The molecule has 2 aromatic carbocycles. The minimum atomic E-state index is 0.658. The van der Waals surface area contributed by atoms with E-state index in [2.05, 4.69) is 5.32 Å². The topological polar surface area (TPSA) is 69.9 Å². The van der Waals surface area contributed by atoms with Gasteiger partial charge in [0.05, 0.1) is 27.0 Å². The Balaban J connectivity index is 1.83. The second-order valence-corrected chi connectivity index (χ2v) is 6.92. The first-order chi connectivity index (χ1) is 14.5. The summed E-state index contributed by atoms with van der Waals surface area (Å²) in [5, 5.41) is 8.29. The summed E-state index contributed by atoms with van der Waals surface area (Å²) >= 11 is 0. The zero-order valence-electron chi connectivity index (χ0n) is 17.7. The fourth-order valence-corrected chi connectivity index (χ4v) is 3.44. The van der Waals surface area contributed by atoms with Crippen LogP contribution in [0.4, 0.5) is 11.5 Å². The Labute approximate surface area is 175 Å². The van der Waals surface area contributed by atoms with Gasteiger partial charge in [0, 0.05) is 34.6 Å². The molecule has 7 nitrogen and oxygen atoms in total. The van der Waals surface area contributed by atoms with Crippen molar-refractivity contribution < 1.29 is 14.2 Å². The largest absolute Gasteiger partial charge is 0.497 e. The lowest BCUT2D eigenvalue weighted by molar-refractivity contribution is 0.355. The molecule has 0 spiro atoms. The van der Waals surface area contributed by atoms with Crippen LogP contribution in [0.1, 0.15) is 11.3 Å². The summed E-state index contributed by atoms with van der Waals surface area (Å²) in [6.45, 7) is 4.00. The molecule has 0 atom stereocenters. The van der Waals surface area contributed by atoms with Gasteiger partial charge in [0.2, 0.25) is 0 Å². The van der Waals surface area contributed by atoms with Gasteiger partial charge in [-0.3, -0.25) is 0 Å². The van der Waals surface area contributed by atoms with Crippen LogP contribution in [-0.4, -0.2) is 35.9 Å². The van der Waals surface area contributed by atoms with Crippen molar-refractivity contribution in [2.45, 2.75) is 13.8 Å². The van der Waals surface area contributed by atoms with E-state index in [4.69, 9.17) is 24.3 Å². The first-order valence-electron chi connectivity index (χ1n) is 9.54. The van der Waals surface area contributed by atoms with Crippen molar-refractivity contribution in [3.8, 4) is 28.5 Å². The molecular formula is C23H24N4O3. The van der Waals surface area contributed by atoms with E-state index in [-0.39, 0.29) is 0 Å². The molecule has 2 heterocycles. The number of hydrogen-bond donors (Lipinski definition) is 1. The number of hydrogen-bond acceptors (Lipinski definition) is 6. The summed E-state index contributed by atoms with van der Waals surface area (Å²) in [5.41, 5.74) is 5.35. The van der Waals surface area contributed by atoms with Crippen molar-refractivity contribution in [1.29, 1.82) is 0 Å². The normalized spacial score (nSPS) is 10.8. The molecule has 0 amide bonds. The van der Waals surface area contributed by atoms with Gasteiger partial charge in [-0.25, -0.2) is 4.98 Å². The predicted molar refractivity (Wildman–Crippen MR) is 117 cm³/mol. The van der Waals surface area contributed by atoms with Crippen LogP contribution in [0.3, 0.4) is 0 Å². The summed E-state index contributed by atoms with van der Waals surface area (Å²) in [7, 11) is 4.90. The van der Waals surface area contributed by atoms with Crippen molar-refractivity contribution in [3.05, 3.63) is 59.8 Å². The van der Waals surface area contributed by atoms with E-state index in [0.29, 0.717) is 11.5 Å². The second-order valence-electron chi connectivity index (χ2n) is 6.92. The van der Waals surface area contributed by atoms with Gasteiger partial charge in [-0.2, -0.15) is 9.61 Å². The smallest absolute Gasteiger partial charge is 0.161 e. The first-order valence-corrected chi connectivity index (χ1v) is 9.54. The number of aromatic nitrogens is 3.